The molecular weight excluding hydrogens is 270 g/mol. The van der Waals surface area contributed by atoms with Crippen molar-refractivity contribution in [1.29, 1.82) is 0 Å². The third-order valence-electron chi connectivity index (χ3n) is 2.45. The fourth-order valence-electron chi connectivity index (χ4n) is 1.54. The highest BCUT2D eigenvalue weighted by molar-refractivity contribution is 7.14. The van der Waals surface area contributed by atoms with Crippen molar-refractivity contribution in [2.24, 2.45) is 0 Å². The molecule has 0 atom stereocenters. The van der Waals surface area contributed by atoms with Gasteiger partial charge in [-0.15, -0.1) is 10.2 Å². The van der Waals surface area contributed by atoms with Gasteiger partial charge in [-0.3, -0.25) is 0 Å². The number of benzene rings is 1. The molecule has 0 fully saturated rings. The molecule has 0 radical (unpaired) electrons. The Kier molecular flexibility index (Phi) is 4.52. The number of methoxy groups -OCH3 is 1. The Balaban J connectivity index is 2.28. The van der Waals surface area contributed by atoms with E-state index in [0.29, 0.717) is 5.02 Å². The molecule has 0 aliphatic rings. The van der Waals surface area contributed by atoms with Crippen LogP contribution in [0.15, 0.2) is 18.2 Å². The van der Waals surface area contributed by atoms with Crippen LogP contribution in [0.4, 0.5) is 0 Å². The molecule has 96 valence electrons. The van der Waals surface area contributed by atoms with Gasteiger partial charge >= 0.3 is 0 Å². The highest BCUT2D eigenvalue weighted by Crippen LogP contribution is 2.34. The predicted octanol–water partition coefficient (Wildman–Crippen LogP) is 2.63. The molecule has 0 saturated heterocycles. The second-order valence-electron chi connectivity index (χ2n) is 3.70. The second-order valence-corrected chi connectivity index (χ2v) is 5.20. The molecule has 1 N–H and O–H groups in total. The largest absolute Gasteiger partial charge is 0.496 e. The number of aromatic nitrogens is 2. The first kappa shape index (κ1) is 13.3. The molecule has 1 aromatic carbocycles. The molecule has 0 spiro atoms. The van der Waals surface area contributed by atoms with Gasteiger partial charge in [0.05, 0.1) is 12.7 Å². The fraction of sp³-hybridized carbons (Fsp3) is 0.333. The summed E-state index contributed by atoms with van der Waals surface area (Å²) in [4.78, 5) is 0. The van der Waals surface area contributed by atoms with Crippen molar-refractivity contribution >= 4 is 22.9 Å². The maximum atomic E-state index is 5.94. The molecule has 4 nitrogen and oxygen atoms in total. The van der Waals surface area contributed by atoms with E-state index in [1.165, 1.54) is 0 Å². The zero-order valence-corrected chi connectivity index (χ0v) is 11.8. The average Bonchev–Trinajstić information content (AvgIpc) is 2.84. The zero-order chi connectivity index (χ0) is 13.0. The predicted molar refractivity (Wildman–Crippen MR) is 74.5 cm³/mol. The summed E-state index contributed by atoms with van der Waals surface area (Å²) < 4.78 is 5.31. The van der Waals surface area contributed by atoms with Crippen LogP contribution in [0.2, 0.25) is 5.02 Å². The highest BCUT2D eigenvalue weighted by atomic mass is 35.5. The summed E-state index contributed by atoms with van der Waals surface area (Å²) in [6.45, 7) is 0.895. The molecule has 0 saturated carbocycles. The Morgan fingerprint density at radius 3 is 2.94 bits per heavy atom. The van der Waals surface area contributed by atoms with E-state index < -0.39 is 0 Å². The molecule has 0 amide bonds. The average molecular weight is 284 g/mol. The van der Waals surface area contributed by atoms with E-state index in [1.54, 1.807) is 24.5 Å². The van der Waals surface area contributed by atoms with Crippen molar-refractivity contribution in [2.45, 2.75) is 6.42 Å². The number of hydrogen-bond donors (Lipinski definition) is 1. The third kappa shape index (κ3) is 2.98. The molecule has 6 heteroatoms. The van der Waals surface area contributed by atoms with Crippen LogP contribution < -0.4 is 10.1 Å². The Bertz CT molecular complexity index is 530. The van der Waals surface area contributed by atoms with Crippen LogP contribution in [0.3, 0.4) is 0 Å². The van der Waals surface area contributed by atoms with Gasteiger partial charge in [0.15, 0.2) is 5.01 Å². The summed E-state index contributed by atoms with van der Waals surface area (Å²) in [7, 11) is 3.54. The van der Waals surface area contributed by atoms with Gasteiger partial charge in [0, 0.05) is 18.0 Å². The number of likely N-dealkylation sites (N-methyl/N-ethyl adjacent to an activating group) is 1. The molecule has 2 rings (SSSR count). The Hall–Kier alpha value is -1.17. The standard InChI is InChI=1S/C12H14ClN3OS/c1-14-6-5-11-15-16-12(18-11)9-4-3-8(13)7-10(9)17-2/h3-4,7,14H,5-6H2,1-2H3. The number of halogens is 1. The first-order valence-electron chi connectivity index (χ1n) is 5.55. The van der Waals surface area contributed by atoms with Gasteiger partial charge in [0.2, 0.25) is 0 Å². The van der Waals surface area contributed by atoms with E-state index in [0.717, 1.165) is 34.3 Å². The van der Waals surface area contributed by atoms with Crippen molar-refractivity contribution in [3.8, 4) is 16.3 Å². The van der Waals surface area contributed by atoms with Crippen molar-refractivity contribution in [3.63, 3.8) is 0 Å². The maximum absolute atomic E-state index is 5.94. The van der Waals surface area contributed by atoms with Crippen LogP contribution >= 0.6 is 22.9 Å². The van der Waals surface area contributed by atoms with Crippen molar-refractivity contribution in [2.75, 3.05) is 20.7 Å². The minimum absolute atomic E-state index is 0.649. The number of hydrogen-bond acceptors (Lipinski definition) is 5. The molecule has 0 unspecified atom stereocenters. The summed E-state index contributed by atoms with van der Waals surface area (Å²) in [5, 5.41) is 14.0. The van der Waals surface area contributed by atoms with E-state index in [-0.39, 0.29) is 0 Å². The van der Waals surface area contributed by atoms with Gasteiger partial charge in [-0.05, 0) is 25.2 Å². The van der Waals surface area contributed by atoms with Gasteiger partial charge in [0.25, 0.3) is 0 Å². The van der Waals surface area contributed by atoms with Gasteiger partial charge in [-0.25, -0.2) is 0 Å². The molecule has 1 aromatic heterocycles. The SMILES string of the molecule is CNCCc1nnc(-c2ccc(Cl)cc2OC)s1. The van der Waals surface area contributed by atoms with E-state index in [9.17, 15) is 0 Å². The minimum atomic E-state index is 0.649. The minimum Gasteiger partial charge on any atom is -0.496 e. The lowest BCUT2D eigenvalue weighted by molar-refractivity contribution is 0.416. The van der Waals surface area contributed by atoms with E-state index >= 15 is 0 Å². The number of rotatable bonds is 5. The lowest BCUT2D eigenvalue weighted by Crippen LogP contribution is -2.09. The van der Waals surface area contributed by atoms with Gasteiger partial charge in [-0.2, -0.15) is 0 Å². The lowest BCUT2D eigenvalue weighted by atomic mass is 10.2. The lowest BCUT2D eigenvalue weighted by Gasteiger charge is -2.05. The summed E-state index contributed by atoms with van der Waals surface area (Å²) in [6, 6.07) is 5.52. The highest BCUT2D eigenvalue weighted by Gasteiger charge is 2.11. The van der Waals surface area contributed by atoms with Gasteiger partial charge in [-0.1, -0.05) is 22.9 Å². The summed E-state index contributed by atoms with van der Waals surface area (Å²) in [5.41, 5.74) is 0.926. The normalized spacial score (nSPS) is 10.6. The summed E-state index contributed by atoms with van der Waals surface area (Å²) >= 11 is 7.51. The van der Waals surface area contributed by atoms with Gasteiger partial charge in [0.1, 0.15) is 10.8 Å². The van der Waals surface area contributed by atoms with Crippen LogP contribution in [0.25, 0.3) is 10.6 Å². The van der Waals surface area contributed by atoms with E-state index in [1.807, 2.05) is 19.2 Å². The quantitative estimate of drug-likeness (QED) is 0.916. The molecule has 0 aliphatic carbocycles. The summed E-state index contributed by atoms with van der Waals surface area (Å²) in [5.74, 6) is 0.721. The van der Waals surface area contributed by atoms with Crippen LogP contribution in [0.5, 0.6) is 5.75 Å². The summed E-state index contributed by atoms with van der Waals surface area (Å²) in [6.07, 6.45) is 0.879. The Labute approximate surface area is 115 Å². The first-order chi connectivity index (χ1) is 8.74. The monoisotopic (exact) mass is 283 g/mol. The molecule has 2 aromatic rings. The van der Waals surface area contributed by atoms with E-state index in [4.69, 9.17) is 16.3 Å². The van der Waals surface area contributed by atoms with E-state index in [2.05, 4.69) is 15.5 Å². The number of nitrogens with one attached hydrogen (secondary N) is 1. The van der Waals surface area contributed by atoms with Crippen molar-refractivity contribution < 1.29 is 4.74 Å². The van der Waals surface area contributed by atoms with Crippen LogP contribution in [0.1, 0.15) is 5.01 Å². The molecule has 1 heterocycles. The molecule has 18 heavy (non-hydrogen) atoms. The Morgan fingerprint density at radius 2 is 2.22 bits per heavy atom. The third-order valence-corrected chi connectivity index (χ3v) is 3.70. The Morgan fingerprint density at radius 1 is 1.39 bits per heavy atom. The van der Waals surface area contributed by atoms with Crippen LogP contribution in [-0.2, 0) is 6.42 Å². The first-order valence-corrected chi connectivity index (χ1v) is 6.75. The fourth-order valence-corrected chi connectivity index (χ4v) is 2.57. The molecular formula is C12H14ClN3OS. The van der Waals surface area contributed by atoms with Crippen molar-refractivity contribution in [1.82, 2.24) is 15.5 Å². The topological polar surface area (TPSA) is 47.0 Å². The number of ether oxygens (including phenoxy) is 1. The second kappa shape index (κ2) is 6.13. The molecule has 0 bridgehead atoms. The smallest absolute Gasteiger partial charge is 0.151 e. The van der Waals surface area contributed by atoms with Gasteiger partial charge < -0.3 is 10.1 Å². The van der Waals surface area contributed by atoms with Crippen LogP contribution in [-0.4, -0.2) is 30.9 Å². The maximum Gasteiger partial charge on any atom is 0.151 e. The molecule has 0 aliphatic heterocycles. The zero-order valence-electron chi connectivity index (χ0n) is 10.2. The van der Waals surface area contributed by atoms with Crippen LogP contribution in [0, 0.1) is 0 Å². The van der Waals surface area contributed by atoms with Crippen molar-refractivity contribution in [3.05, 3.63) is 28.2 Å². The number of nitrogens with zero attached hydrogens (tertiary/aromatic N) is 2.